The van der Waals surface area contributed by atoms with Crippen molar-refractivity contribution in [2.24, 2.45) is 0 Å². The van der Waals surface area contributed by atoms with Gasteiger partial charge in [-0.05, 0) is 6.92 Å². The summed E-state index contributed by atoms with van der Waals surface area (Å²) in [5, 5.41) is 2.91. The Labute approximate surface area is 101 Å². The van der Waals surface area contributed by atoms with E-state index in [0.717, 1.165) is 0 Å². The predicted octanol–water partition coefficient (Wildman–Crippen LogP) is 0.355. The number of halogens is 2. The summed E-state index contributed by atoms with van der Waals surface area (Å²) >= 11 is 0. The van der Waals surface area contributed by atoms with E-state index >= 15 is 0 Å². The van der Waals surface area contributed by atoms with Gasteiger partial charge in [0.25, 0.3) is 0 Å². The summed E-state index contributed by atoms with van der Waals surface area (Å²) in [6, 6.07) is -0.328. The molecule has 0 bridgehead atoms. The number of nitrogens with zero attached hydrogens (tertiary/aromatic N) is 1. The summed E-state index contributed by atoms with van der Waals surface area (Å²) in [7, 11) is 0. The van der Waals surface area contributed by atoms with Crippen molar-refractivity contribution in [1.82, 2.24) is 10.2 Å². The number of hydrogen-bond donors (Lipinski definition) is 1. The lowest BCUT2D eigenvalue weighted by molar-refractivity contribution is -0.140. The monoisotopic (exact) mass is 252 g/mol. The molecule has 2 aliphatic rings. The highest BCUT2D eigenvalue weighted by Crippen LogP contribution is 2.14. The van der Waals surface area contributed by atoms with Gasteiger partial charge in [0, 0.05) is 26.1 Å². The molecule has 6 heteroatoms. The largest absolute Gasteiger partial charge is 0.375 e. The number of morpholine rings is 1. The second kappa shape index (κ2) is 5.80. The van der Waals surface area contributed by atoms with E-state index in [1.807, 2.05) is 6.92 Å². The zero-order chi connectivity index (χ0) is 10.8. The van der Waals surface area contributed by atoms with Gasteiger partial charge in [-0.3, -0.25) is 4.79 Å². The second-order valence-corrected chi connectivity index (χ2v) is 4.26. The number of hydrogen-bond acceptors (Lipinski definition) is 3. The average molecular weight is 253 g/mol. The first-order valence-electron chi connectivity index (χ1n) is 5.44. The van der Waals surface area contributed by atoms with Crippen LogP contribution in [0.3, 0.4) is 0 Å². The van der Waals surface area contributed by atoms with E-state index in [-0.39, 0.29) is 30.5 Å². The van der Waals surface area contributed by atoms with E-state index in [1.54, 1.807) is 4.90 Å². The standard InChI is InChI=1S/C10H17FN2O2.ClH/c1-7-6-13(2-3-15-7)10(14)9-4-8(11)5-12-9;/h7-9,12H,2-6H2,1H3;1H/t7?,8-,9+;/m0./s1. The van der Waals surface area contributed by atoms with Crippen molar-refractivity contribution in [3.8, 4) is 0 Å². The van der Waals surface area contributed by atoms with Crippen LogP contribution in [-0.2, 0) is 9.53 Å². The van der Waals surface area contributed by atoms with Gasteiger partial charge < -0.3 is 15.0 Å². The molecular formula is C10H18ClFN2O2. The maximum absolute atomic E-state index is 12.9. The van der Waals surface area contributed by atoms with E-state index in [1.165, 1.54) is 0 Å². The first-order valence-corrected chi connectivity index (χ1v) is 5.44. The predicted molar refractivity (Wildman–Crippen MR) is 60.5 cm³/mol. The van der Waals surface area contributed by atoms with E-state index < -0.39 is 6.17 Å². The molecule has 0 aromatic heterocycles. The first-order chi connectivity index (χ1) is 7.16. The minimum absolute atomic E-state index is 0. The number of carbonyl (C=O) groups excluding carboxylic acids is 1. The molecule has 0 aliphatic carbocycles. The van der Waals surface area contributed by atoms with Crippen molar-refractivity contribution in [2.45, 2.75) is 31.7 Å². The maximum Gasteiger partial charge on any atom is 0.239 e. The van der Waals surface area contributed by atoms with Crippen molar-refractivity contribution >= 4 is 18.3 Å². The van der Waals surface area contributed by atoms with Gasteiger partial charge >= 0.3 is 0 Å². The van der Waals surface area contributed by atoms with Gasteiger partial charge in [-0.25, -0.2) is 4.39 Å². The van der Waals surface area contributed by atoms with Gasteiger partial charge in [0.05, 0.1) is 18.8 Å². The Morgan fingerprint density at radius 3 is 2.88 bits per heavy atom. The Kier molecular flexibility index (Phi) is 4.95. The maximum atomic E-state index is 12.9. The van der Waals surface area contributed by atoms with Crippen LogP contribution in [0.25, 0.3) is 0 Å². The van der Waals surface area contributed by atoms with Crippen LogP contribution in [-0.4, -0.2) is 55.4 Å². The molecule has 2 heterocycles. The van der Waals surface area contributed by atoms with Gasteiger partial charge in [-0.15, -0.1) is 12.4 Å². The number of nitrogens with one attached hydrogen (secondary N) is 1. The van der Waals surface area contributed by atoms with Crippen molar-refractivity contribution in [1.29, 1.82) is 0 Å². The SMILES string of the molecule is CC1CN(C(=O)[C@H]2C[C@H](F)CN2)CCO1.Cl. The second-order valence-electron chi connectivity index (χ2n) is 4.26. The Morgan fingerprint density at radius 2 is 2.31 bits per heavy atom. The van der Waals surface area contributed by atoms with Gasteiger partial charge in [-0.1, -0.05) is 0 Å². The highest BCUT2D eigenvalue weighted by atomic mass is 35.5. The van der Waals surface area contributed by atoms with Gasteiger partial charge in [0.2, 0.25) is 5.91 Å². The smallest absolute Gasteiger partial charge is 0.239 e. The zero-order valence-corrected chi connectivity index (χ0v) is 10.1. The minimum atomic E-state index is -0.877. The number of carbonyl (C=O) groups is 1. The highest BCUT2D eigenvalue weighted by molar-refractivity contribution is 5.85. The molecule has 0 aromatic carbocycles. The first kappa shape index (κ1) is 13.7. The molecule has 94 valence electrons. The third kappa shape index (κ3) is 3.06. The summed E-state index contributed by atoms with van der Waals surface area (Å²) in [6.45, 7) is 4.07. The van der Waals surface area contributed by atoms with Gasteiger partial charge in [-0.2, -0.15) is 0 Å². The fourth-order valence-electron chi connectivity index (χ4n) is 2.12. The van der Waals surface area contributed by atoms with Crippen molar-refractivity contribution in [2.75, 3.05) is 26.2 Å². The molecular weight excluding hydrogens is 235 g/mol. The molecule has 2 rings (SSSR count). The summed E-state index contributed by atoms with van der Waals surface area (Å²) in [5.41, 5.74) is 0. The normalized spacial score (nSPS) is 34.6. The fraction of sp³-hybridized carbons (Fsp3) is 0.900. The third-order valence-electron chi connectivity index (χ3n) is 2.93. The third-order valence-corrected chi connectivity index (χ3v) is 2.93. The Hall–Kier alpha value is -0.390. The Bertz CT molecular complexity index is 255. The molecule has 0 saturated carbocycles. The van der Waals surface area contributed by atoms with Crippen LogP contribution in [0.5, 0.6) is 0 Å². The molecule has 4 nitrogen and oxygen atoms in total. The van der Waals surface area contributed by atoms with Crippen LogP contribution in [0.1, 0.15) is 13.3 Å². The molecule has 0 spiro atoms. The minimum Gasteiger partial charge on any atom is -0.375 e. The van der Waals surface area contributed by atoms with Crippen molar-refractivity contribution in [3.05, 3.63) is 0 Å². The van der Waals surface area contributed by atoms with E-state index in [4.69, 9.17) is 4.74 Å². The van der Waals surface area contributed by atoms with E-state index in [2.05, 4.69) is 5.32 Å². The summed E-state index contributed by atoms with van der Waals surface area (Å²) in [6.07, 6.45) is -0.479. The lowest BCUT2D eigenvalue weighted by Gasteiger charge is -2.32. The highest BCUT2D eigenvalue weighted by Gasteiger charge is 2.33. The molecule has 1 amide bonds. The van der Waals surface area contributed by atoms with Gasteiger partial charge in [0.15, 0.2) is 0 Å². The van der Waals surface area contributed by atoms with Crippen LogP contribution >= 0.6 is 12.4 Å². The van der Waals surface area contributed by atoms with Crippen LogP contribution in [0, 0.1) is 0 Å². The molecule has 3 atom stereocenters. The van der Waals surface area contributed by atoms with Crippen LogP contribution in [0.15, 0.2) is 0 Å². The molecule has 0 aromatic rings. The number of rotatable bonds is 1. The summed E-state index contributed by atoms with van der Waals surface area (Å²) < 4.78 is 18.3. The topological polar surface area (TPSA) is 41.6 Å². The Morgan fingerprint density at radius 1 is 1.56 bits per heavy atom. The van der Waals surface area contributed by atoms with Crippen LogP contribution in [0.4, 0.5) is 4.39 Å². The van der Waals surface area contributed by atoms with Crippen LogP contribution < -0.4 is 5.32 Å². The quantitative estimate of drug-likeness (QED) is 0.733. The molecule has 2 fully saturated rings. The molecule has 2 aliphatic heterocycles. The number of amides is 1. The number of alkyl halides is 1. The summed E-state index contributed by atoms with van der Waals surface area (Å²) in [4.78, 5) is 13.7. The fourth-order valence-corrected chi connectivity index (χ4v) is 2.12. The number of ether oxygens (including phenoxy) is 1. The lowest BCUT2D eigenvalue weighted by atomic mass is 10.1. The van der Waals surface area contributed by atoms with E-state index in [0.29, 0.717) is 32.7 Å². The zero-order valence-electron chi connectivity index (χ0n) is 9.32. The van der Waals surface area contributed by atoms with Crippen molar-refractivity contribution < 1.29 is 13.9 Å². The summed E-state index contributed by atoms with van der Waals surface area (Å²) in [5.74, 6) is 0.0188. The van der Waals surface area contributed by atoms with Crippen LogP contribution in [0.2, 0.25) is 0 Å². The molecule has 16 heavy (non-hydrogen) atoms. The molecule has 1 unspecified atom stereocenters. The van der Waals surface area contributed by atoms with E-state index in [9.17, 15) is 9.18 Å². The molecule has 1 N–H and O–H groups in total. The lowest BCUT2D eigenvalue weighted by Crippen LogP contribution is -2.50. The Balaban J connectivity index is 0.00000128. The molecule has 2 saturated heterocycles. The van der Waals surface area contributed by atoms with Crippen molar-refractivity contribution in [3.63, 3.8) is 0 Å². The average Bonchev–Trinajstić information content (AvgIpc) is 2.64. The molecule has 0 radical (unpaired) electrons. The van der Waals surface area contributed by atoms with Gasteiger partial charge in [0.1, 0.15) is 6.17 Å².